The summed E-state index contributed by atoms with van der Waals surface area (Å²) in [5.74, 6) is -0.623. The van der Waals surface area contributed by atoms with Crippen molar-refractivity contribution in [3.8, 4) is 11.8 Å². The van der Waals surface area contributed by atoms with Crippen LogP contribution in [0.2, 0.25) is 0 Å². The van der Waals surface area contributed by atoms with Crippen LogP contribution in [0.1, 0.15) is 43.7 Å². The van der Waals surface area contributed by atoms with Crippen molar-refractivity contribution >= 4 is 23.0 Å². The summed E-state index contributed by atoms with van der Waals surface area (Å²) in [7, 11) is 0. The lowest BCUT2D eigenvalue weighted by atomic mass is 10.00. The third-order valence-electron chi connectivity index (χ3n) is 5.77. The molecule has 0 saturated carbocycles. The topological polar surface area (TPSA) is 90.4 Å². The first kappa shape index (κ1) is 21.8. The van der Waals surface area contributed by atoms with E-state index < -0.39 is 5.91 Å². The molecule has 0 fully saturated rings. The van der Waals surface area contributed by atoms with Gasteiger partial charge in [0.2, 0.25) is 0 Å². The number of aryl methyl sites for hydroxylation is 3. The third kappa shape index (κ3) is 4.48. The normalized spacial score (nSPS) is 11.1. The number of aromatic nitrogens is 1. The van der Waals surface area contributed by atoms with E-state index in [0.717, 1.165) is 23.0 Å². The number of fused-ring (bicyclic) bond motifs is 1. The molecule has 164 valence electrons. The van der Waals surface area contributed by atoms with Gasteiger partial charge in [-0.3, -0.25) is 4.79 Å². The molecule has 33 heavy (non-hydrogen) atoms. The van der Waals surface area contributed by atoms with Crippen LogP contribution in [0.5, 0.6) is 5.75 Å². The predicted molar refractivity (Wildman–Crippen MR) is 130 cm³/mol. The van der Waals surface area contributed by atoms with E-state index in [1.165, 1.54) is 40.5 Å². The Morgan fingerprint density at radius 2 is 1.88 bits per heavy atom. The molecule has 0 atom stereocenters. The van der Waals surface area contributed by atoms with E-state index in [2.05, 4.69) is 66.3 Å². The van der Waals surface area contributed by atoms with Gasteiger partial charge in [0.1, 0.15) is 11.8 Å². The molecule has 4 aromatic rings. The maximum absolute atomic E-state index is 12.4. The Morgan fingerprint density at radius 3 is 2.61 bits per heavy atom. The fraction of sp³-hybridized carbons (Fsp3) is 0.148. The van der Waals surface area contributed by atoms with Gasteiger partial charge in [-0.1, -0.05) is 29.8 Å². The number of phenolic OH excluding ortho intramolecular Hbond substituents is 1. The lowest BCUT2D eigenvalue weighted by Gasteiger charge is -2.13. The molecule has 0 aliphatic carbocycles. The molecule has 6 heteroatoms. The minimum absolute atomic E-state index is 0.0387. The molecule has 1 heterocycles. The van der Waals surface area contributed by atoms with Gasteiger partial charge < -0.3 is 9.67 Å². The molecule has 1 aromatic heterocycles. The highest BCUT2D eigenvalue weighted by Crippen LogP contribution is 2.23. The number of carbonyl (C=O) groups is 1. The van der Waals surface area contributed by atoms with Gasteiger partial charge in [-0.25, -0.2) is 5.43 Å². The average Bonchev–Trinajstić information content (AvgIpc) is 3.20. The van der Waals surface area contributed by atoms with Crippen molar-refractivity contribution in [2.24, 2.45) is 5.10 Å². The maximum Gasteiger partial charge on any atom is 0.271 e. The fourth-order valence-corrected chi connectivity index (χ4v) is 4.12. The highest BCUT2D eigenvalue weighted by atomic mass is 16.3. The molecule has 0 aliphatic heterocycles. The van der Waals surface area contributed by atoms with Crippen LogP contribution >= 0.6 is 0 Å². The molecule has 0 saturated heterocycles. The van der Waals surface area contributed by atoms with Crippen molar-refractivity contribution < 1.29 is 9.90 Å². The smallest absolute Gasteiger partial charge is 0.271 e. The van der Waals surface area contributed by atoms with Crippen LogP contribution in [-0.2, 0) is 6.54 Å². The summed E-state index contributed by atoms with van der Waals surface area (Å²) in [6, 6.07) is 18.4. The van der Waals surface area contributed by atoms with Gasteiger partial charge in [0.05, 0.1) is 11.8 Å². The first-order valence-electron chi connectivity index (χ1n) is 10.6. The Bertz CT molecular complexity index is 1420. The number of nitrogens with zero attached hydrogens (tertiary/aromatic N) is 3. The van der Waals surface area contributed by atoms with Gasteiger partial charge in [-0.2, -0.15) is 10.4 Å². The first-order chi connectivity index (χ1) is 15.9. The standard InChI is InChI=1S/C27H24N4O2/c1-17-11-18(2)24(19(3)12-17)16-31-10-9-23-21(5-4-6-25(23)31)15-29-30-27(33)20-7-8-26(32)22(13-20)14-28/h4-13,15,32H,16H2,1-3H3,(H,30,33). The minimum Gasteiger partial charge on any atom is -0.507 e. The van der Waals surface area contributed by atoms with Gasteiger partial charge in [0.15, 0.2) is 0 Å². The molecule has 4 rings (SSSR count). The fourth-order valence-electron chi connectivity index (χ4n) is 4.12. The van der Waals surface area contributed by atoms with E-state index in [-0.39, 0.29) is 16.9 Å². The van der Waals surface area contributed by atoms with Crippen LogP contribution in [-0.4, -0.2) is 21.8 Å². The number of nitrogens with one attached hydrogen (secondary N) is 1. The van der Waals surface area contributed by atoms with E-state index in [9.17, 15) is 9.90 Å². The number of hydrogen-bond acceptors (Lipinski definition) is 4. The molecular weight excluding hydrogens is 412 g/mol. The van der Waals surface area contributed by atoms with Crippen molar-refractivity contribution in [1.82, 2.24) is 9.99 Å². The molecule has 6 nitrogen and oxygen atoms in total. The number of rotatable bonds is 5. The lowest BCUT2D eigenvalue weighted by Crippen LogP contribution is -2.17. The highest BCUT2D eigenvalue weighted by Gasteiger charge is 2.10. The van der Waals surface area contributed by atoms with E-state index in [1.807, 2.05) is 18.2 Å². The lowest BCUT2D eigenvalue weighted by molar-refractivity contribution is 0.0955. The largest absolute Gasteiger partial charge is 0.507 e. The zero-order chi connectivity index (χ0) is 23.5. The highest BCUT2D eigenvalue weighted by molar-refractivity contribution is 6.00. The molecule has 0 unspecified atom stereocenters. The Hall–Kier alpha value is -4.37. The van der Waals surface area contributed by atoms with Crippen molar-refractivity contribution in [3.63, 3.8) is 0 Å². The molecule has 2 N–H and O–H groups in total. The van der Waals surface area contributed by atoms with Crippen molar-refractivity contribution in [3.05, 3.63) is 99.7 Å². The van der Waals surface area contributed by atoms with Crippen molar-refractivity contribution in [1.29, 1.82) is 5.26 Å². The summed E-state index contributed by atoms with van der Waals surface area (Å²) in [5.41, 5.74) is 9.88. The second kappa shape index (κ2) is 9.01. The molecular formula is C27H24N4O2. The Balaban J connectivity index is 1.55. The van der Waals surface area contributed by atoms with Crippen LogP contribution in [0.3, 0.4) is 0 Å². The Morgan fingerprint density at radius 1 is 1.12 bits per heavy atom. The van der Waals surface area contributed by atoms with Crippen LogP contribution < -0.4 is 5.43 Å². The number of amides is 1. The quantitative estimate of drug-likeness (QED) is 0.342. The van der Waals surface area contributed by atoms with Crippen molar-refractivity contribution in [2.45, 2.75) is 27.3 Å². The van der Waals surface area contributed by atoms with Gasteiger partial charge >= 0.3 is 0 Å². The number of hydrogen-bond donors (Lipinski definition) is 2. The maximum atomic E-state index is 12.4. The summed E-state index contributed by atoms with van der Waals surface area (Å²) < 4.78 is 2.22. The average molecular weight is 437 g/mol. The molecule has 1 amide bonds. The third-order valence-corrected chi connectivity index (χ3v) is 5.77. The second-order valence-corrected chi connectivity index (χ2v) is 8.14. The Kier molecular flexibility index (Phi) is 5.97. The molecule has 0 spiro atoms. The van der Waals surface area contributed by atoms with Crippen LogP contribution in [0, 0.1) is 32.1 Å². The molecule has 0 aliphatic rings. The SMILES string of the molecule is Cc1cc(C)c(Cn2ccc3c(C=NNC(=O)c4ccc(O)c(C#N)c4)cccc32)c(C)c1. The summed E-state index contributed by atoms with van der Waals surface area (Å²) in [6.45, 7) is 7.19. The molecule has 0 radical (unpaired) electrons. The summed E-state index contributed by atoms with van der Waals surface area (Å²) in [4.78, 5) is 12.4. The van der Waals surface area contributed by atoms with E-state index >= 15 is 0 Å². The predicted octanol–water partition coefficient (Wildman–Crippen LogP) is 4.96. The zero-order valence-electron chi connectivity index (χ0n) is 18.8. The van der Waals surface area contributed by atoms with Gasteiger partial charge in [-0.05, 0) is 67.8 Å². The summed E-state index contributed by atoms with van der Waals surface area (Å²) in [6.07, 6.45) is 3.68. The van der Waals surface area contributed by atoms with Crippen molar-refractivity contribution in [2.75, 3.05) is 0 Å². The molecule has 3 aromatic carbocycles. The minimum atomic E-state index is -0.460. The number of carbonyl (C=O) groups excluding carboxylic acids is 1. The monoisotopic (exact) mass is 436 g/mol. The summed E-state index contributed by atoms with van der Waals surface area (Å²) >= 11 is 0. The van der Waals surface area contributed by atoms with Gasteiger partial charge in [0, 0.05) is 34.8 Å². The van der Waals surface area contributed by atoms with Crippen LogP contribution in [0.15, 0.2) is 65.9 Å². The Labute approximate surface area is 192 Å². The number of aromatic hydroxyl groups is 1. The number of hydrazone groups is 1. The number of benzene rings is 3. The number of phenols is 1. The van der Waals surface area contributed by atoms with Gasteiger partial charge in [0.25, 0.3) is 5.91 Å². The van der Waals surface area contributed by atoms with E-state index in [0.29, 0.717) is 0 Å². The zero-order valence-corrected chi connectivity index (χ0v) is 18.8. The first-order valence-corrected chi connectivity index (χ1v) is 10.6. The van der Waals surface area contributed by atoms with E-state index in [4.69, 9.17) is 5.26 Å². The van der Waals surface area contributed by atoms with E-state index in [1.54, 1.807) is 6.21 Å². The van der Waals surface area contributed by atoms with Crippen LogP contribution in [0.4, 0.5) is 0 Å². The second-order valence-electron chi connectivity index (χ2n) is 8.14. The number of nitriles is 1. The molecule has 0 bridgehead atoms. The van der Waals surface area contributed by atoms with Gasteiger partial charge in [-0.15, -0.1) is 0 Å². The summed E-state index contributed by atoms with van der Waals surface area (Å²) in [5, 5.41) is 23.7. The van der Waals surface area contributed by atoms with Crippen LogP contribution in [0.25, 0.3) is 10.9 Å².